The lowest BCUT2D eigenvalue weighted by atomic mass is 10.5. The van der Waals surface area contributed by atoms with Crippen LogP contribution in [0.2, 0.25) is 0 Å². The molecule has 0 amide bonds. The summed E-state index contributed by atoms with van der Waals surface area (Å²) in [5.41, 5.74) is -5.68. The first-order chi connectivity index (χ1) is 10.0. The fourth-order valence-corrected chi connectivity index (χ4v) is 3.75. The van der Waals surface area contributed by atoms with E-state index in [9.17, 15) is 30.0 Å². The van der Waals surface area contributed by atoms with E-state index in [2.05, 4.69) is 0 Å². The van der Waals surface area contributed by atoms with Crippen LogP contribution in [-0.2, 0) is 34.3 Å². The van der Waals surface area contributed by atoms with Crippen LogP contribution >= 0.6 is 0 Å². The summed E-state index contributed by atoms with van der Waals surface area (Å²) in [6, 6.07) is 0. The number of rotatable bonds is 11. The van der Waals surface area contributed by atoms with E-state index in [1.807, 2.05) is 0 Å². The van der Waals surface area contributed by atoms with Crippen LogP contribution in [-0.4, -0.2) is 67.2 Å². The molecule has 1 aliphatic rings. The number of epoxide rings is 1. The molecule has 0 aromatic carbocycles. The van der Waals surface area contributed by atoms with Crippen molar-refractivity contribution in [1.82, 2.24) is 4.13 Å². The number of halogens is 3. The lowest BCUT2D eigenvalue weighted by Crippen LogP contribution is -2.41. The largest absolute Gasteiger partial charge is 0.512 e. The van der Waals surface area contributed by atoms with Gasteiger partial charge in [-0.25, -0.2) is 16.8 Å². The Morgan fingerprint density at radius 2 is 1.68 bits per heavy atom. The highest BCUT2D eigenvalue weighted by Crippen LogP contribution is 2.22. The standard InChI is InChI=1S/C9H16F3NO7S2/c10-9(11,12)22(16,17)13-21(14,15)5-1-2-18-3-4-19-6-8-7-20-8/h8,13H,1-7H2. The van der Waals surface area contributed by atoms with Crippen molar-refractivity contribution in [3.05, 3.63) is 0 Å². The molecular formula is C9H16F3NO7S2. The second-order valence-corrected chi connectivity index (χ2v) is 8.12. The highest BCUT2D eigenvalue weighted by Gasteiger charge is 2.48. The van der Waals surface area contributed by atoms with E-state index >= 15 is 0 Å². The van der Waals surface area contributed by atoms with Gasteiger partial charge in [0.05, 0.1) is 32.2 Å². The zero-order chi connectivity index (χ0) is 16.9. The average Bonchev–Trinajstić information content (AvgIpc) is 3.13. The summed E-state index contributed by atoms with van der Waals surface area (Å²) in [6.07, 6.45) is -0.0409. The fourth-order valence-electron chi connectivity index (χ4n) is 1.21. The van der Waals surface area contributed by atoms with Crippen LogP contribution in [0.1, 0.15) is 6.42 Å². The third-order valence-corrected chi connectivity index (χ3v) is 5.65. The van der Waals surface area contributed by atoms with E-state index < -0.39 is 31.3 Å². The molecule has 1 aliphatic heterocycles. The highest BCUT2D eigenvalue weighted by molar-refractivity contribution is 8.05. The molecule has 1 heterocycles. The van der Waals surface area contributed by atoms with Gasteiger partial charge < -0.3 is 14.2 Å². The van der Waals surface area contributed by atoms with Gasteiger partial charge in [0.25, 0.3) is 0 Å². The van der Waals surface area contributed by atoms with Gasteiger partial charge in [-0.15, -0.1) is 4.13 Å². The Morgan fingerprint density at radius 3 is 2.23 bits per heavy atom. The molecule has 13 heteroatoms. The number of hydrogen-bond donors (Lipinski definition) is 1. The van der Waals surface area contributed by atoms with Crippen molar-refractivity contribution >= 4 is 20.0 Å². The molecule has 1 fully saturated rings. The number of nitrogens with one attached hydrogen (secondary N) is 1. The van der Waals surface area contributed by atoms with Crippen molar-refractivity contribution in [2.45, 2.75) is 18.0 Å². The minimum Gasteiger partial charge on any atom is -0.379 e. The molecule has 0 aromatic rings. The van der Waals surface area contributed by atoms with Gasteiger partial charge in [-0.3, -0.25) is 0 Å². The lowest BCUT2D eigenvalue weighted by molar-refractivity contribution is -0.0441. The van der Waals surface area contributed by atoms with E-state index in [1.165, 1.54) is 0 Å². The summed E-state index contributed by atoms with van der Waals surface area (Å²) in [5, 5.41) is 0. The van der Waals surface area contributed by atoms with Crippen molar-refractivity contribution in [3.63, 3.8) is 0 Å². The molecule has 0 aliphatic carbocycles. The summed E-state index contributed by atoms with van der Waals surface area (Å²) in [7, 11) is -10.5. The maximum Gasteiger partial charge on any atom is 0.512 e. The third kappa shape index (κ3) is 7.69. The van der Waals surface area contributed by atoms with E-state index in [1.54, 1.807) is 0 Å². The lowest BCUT2D eigenvalue weighted by Gasteiger charge is -2.10. The number of alkyl halides is 3. The smallest absolute Gasteiger partial charge is 0.379 e. The monoisotopic (exact) mass is 371 g/mol. The van der Waals surface area contributed by atoms with Crippen molar-refractivity contribution in [3.8, 4) is 0 Å². The zero-order valence-electron chi connectivity index (χ0n) is 11.3. The van der Waals surface area contributed by atoms with Crippen molar-refractivity contribution in [2.75, 3.05) is 38.8 Å². The Morgan fingerprint density at radius 1 is 1.09 bits per heavy atom. The average molecular weight is 371 g/mol. The Hall–Kier alpha value is -0.470. The minimum absolute atomic E-state index is 0.0593. The van der Waals surface area contributed by atoms with Gasteiger partial charge in [0.1, 0.15) is 6.10 Å². The van der Waals surface area contributed by atoms with Crippen LogP contribution < -0.4 is 4.13 Å². The van der Waals surface area contributed by atoms with Crippen LogP contribution in [0.3, 0.4) is 0 Å². The van der Waals surface area contributed by atoms with Gasteiger partial charge in [0.15, 0.2) is 0 Å². The molecule has 1 unspecified atom stereocenters. The Balaban J connectivity index is 2.14. The van der Waals surface area contributed by atoms with E-state index in [4.69, 9.17) is 14.2 Å². The normalized spacial score (nSPS) is 19.3. The van der Waals surface area contributed by atoms with Gasteiger partial charge >= 0.3 is 15.5 Å². The summed E-state index contributed by atoms with van der Waals surface area (Å²) >= 11 is 0. The van der Waals surface area contributed by atoms with E-state index in [0.29, 0.717) is 17.3 Å². The predicted octanol–water partition coefficient (Wildman–Crippen LogP) is -0.422. The molecule has 132 valence electrons. The Bertz CT molecular complexity index is 542. The van der Waals surface area contributed by atoms with Crippen molar-refractivity contribution in [1.29, 1.82) is 0 Å². The van der Waals surface area contributed by atoms with E-state index in [0.717, 1.165) is 0 Å². The first kappa shape index (κ1) is 19.6. The quantitative estimate of drug-likeness (QED) is 0.388. The first-order valence-electron chi connectivity index (χ1n) is 6.13. The van der Waals surface area contributed by atoms with Gasteiger partial charge in [-0.05, 0) is 6.42 Å². The molecule has 1 saturated heterocycles. The molecule has 0 aromatic heterocycles. The second kappa shape index (κ2) is 7.88. The summed E-state index contributed by atoms with van der Waals surface area (Å²) < 4.78 is 95.5. The number of sulfonamides is 2. The molecule has 0 radical (unpaired) electrons. The molecule has 0 saturated carbocycles. The van der Waals surface area contributed by atoms with Crippen molar-refractivity contribution in [2.24, 2.45) is 0 Å². The van der Waals surface area contributed by atoms with Crippen LogP contribution in [0, 0.1) is 0 Å². The molecule has 0 bridgehead atoms. The van der Waals surface area contributed by atoms with Crippen molar-refractivity contribution < 1.29 is 44.2 Å². The highest BCUT2D eigenvalue weighted by atomic mass is 32.3. The zero-order valence-corrected chi connectivity index (χ0v) is 13.0. The third-order valence-electron chi connectivity index (χ3n) is 2.32. The molecule has 1 N–H and O–H groups in total. The maximum atomic E-state index is 12.0. The summed E-state index contributed by atoms with van der Waals surface area (Å²) in [5.74, 6) is -0.806. The van der Waals surface area contributed by atoms with Crippen LogP contribution in [0.15, 0.2) is 0 Å². The van der Waals surface area contributed by atoms with Gasteiger partial charge in [-0.1, -0.05) is 0 Å². The fraction of sp³-hybridized carbons (Fsp3) is 1.00. The molecule has 1 rings (SSSR count). The molecule has 22 heavy (non-hydrogen) atoms. The van der Waals surface area contributed by atoms with Crippen LogP contribution in [0.25, 0.3) is 0 Å². The minimum atomic E-state index is -5.92. The summed E-state index contributed by atoms with van der Waals surface area (Å²) in [6.45, 7) is 1.49. The van der Waals surface area contributed by atoms with E-state index in [-0.39, 0.29) is 32.3 Å². The van der Waals surface area contributed by atoms with Crippen LogP contribution in [0.5, 0.6) is 0 Å². The van der Waals surface area contributed by atoms with Gasteiger partial charge in [0, 0.05) is 6.61 Å². The Kier molecular flexibility index (Phi) is 7.01. The number of hydrogen-bond acceptors (Lipinski definition) is 7. The predicted molar refractivity (Wildman–Crippen MR) is 67.9 cm³/mol. The molecule has 0 spiro atoms. The molecule has 8 nitrogen and oxygen atoms in total. The molecular weight excluding hydrogens is 355 g/mol. The SMILES string of the molecule is O=S(=O)(CCCOCCOCC1CO1)NS(=O)(=O)C(F)(F)F. The number of ether oxygens (including phenoxy) is 3. The molecule has 1 atom stereocenters. The van der Waals surface area contributed by atoms with Crippen LogP contribution in [0.4, 0.5) is 13.2 Å². The topological polar surface area (TPSA) is 111 Å². The Labute approximate surface area is 126 Å². The second-order valence-electron chi connectivity index (χ2n) is 4.35. The van der Waals surface area contributed by atoms with Gasteiger partial charge in [0.2, 0.25) is 10.0 Å². The first-order valence-corrected chi connectivity index (χ1v) is 9.27. The summed E-state index contributed by atoms with van der Waals surface area (Å²) in [4.78, 5) is 0. The maximum absolute atomic E-state index is 12.0. The van der Waals surface area contributed by atoms with Gasteiger partial charge in [-0.2, -0.15) is 13.2 Å².